The molecule has 0 saturated carbocycles. The Morgan fingerprint density at radius 2 is 1.77 bits per heavy atom. The minimum absolute atomic E-state index is 0.0149. The second-order valence-electron chi connectivity index (χ2n) is 10.5. The van der Waals surface area contributed by atoms with E-state index in [2.05, 4.69) is 10.6 Å². The number of nitro groups is 1. The number of nitro benzene ring substituents is 1. The Balaban J connectivity index is 1.21. The summed E-state index contributed by atoms with van der Waals surface area (Å²) in [7, 11) is 1.48. The lowest BCUT2D eigenvalue weighted by Crippen LogP contribution is -2.31. The van der Waals surface area contributed by atoms with Crippen LogP contribution in [0, 0.1) is 10.1 Å². The first-order valence-corrected chi connectivity index (χ1v) is 15.3. The van der Waals surface area contributed by atoms with Crippen LogP contribution in [0.3, 0.4) is 0 Å². The molecule has 242 valence electrons. The number of carbonyl (C=O) groups excluding carboxylic acids is 4. The molecule has 13 nitrogen and oxygen atoms in total. The summed E-state index contributed by atoms with van der Waals surface area (Å²) < 4.78 is 16.4. The fourth-order valence-corrected chi connectivity index (χ4v) is 6.16. The third kappa shape index (κ3) is 6.83. The molecule has 14 heteroatoms. The Hall–Kier alpha value is -6.15. The molecule has 2 aliphatic heterocycles. The van der Waals surface area contributed by atoms with E-state index in [1.165, 1.54) is 37.5 Å². The first-order valence-electron chi connectivity index (χ1n) is 14.4. The molecule has 1 atom stereocenters. The lowest BCUT2D eigenvalue weighted by Gasteiger charge is -2.15. The van der Waals surface area contributed by atoms with Crippen molar-refractivity contribution in [2.75, 3.05) is 24.1 Å². The zero-order chi connectivity index (χ0) is 33.8. The number of benzene rings is 4. The predicted molar refractivity (Wildman–Crippen MR) is 176 cm³/mol. The van der Waals surface area contributed by atoms with Gasteiger partial charge in [-0.2, -0.15) is 0 Å². The van der Waals surface area contributed by atoms with Gasteiger partial charge in [-0.15, -0.1) is 11.8 Å². The molecule has 0 bridgehead atoms. The van der Waals surface area contributed by atoms with E-state index in [4.69, 9.17) is 14.2 Å². The molecule has 4 aromatic rings. The summed E-state index contributed by atoms with van der Waals surface area (Å²) in [5.41, 5.74) is 1.24. The molecule has 1 saturated heterocycles. The van der Waals surface area contributed by atoms with Crippen molar-refractivity contribution in [3.8, 4) is 17.2 Å². The van der Waals surface area contributed by atoms with Crippen LogP contribution in [0.15, 0.2) is 102 Å². The molecule has 4 amide bonds. The van der Waals surface area contributed by atoms with Crippen molar-refractivity contribution in [2.45, 2.75) is 16.6 Å². The zero-order valence-corrected chi connectivity index (χ0v) is 26.0. The molecule has 4 aromatic carbocycles. The first-order chi connectivity index (χ1) is 23.2. The fourth-order valence-electron chi connectivity index (χ4n) is 5.04. The van der Waals surface area contributed by atoms with Crippen molar-refractivity contribution < 1.29 is 38.3 Å². The number of anilines is 2. The maximum Gasteiger partial charge on any atom is 0.272 e. The monoisotopic (exact) mass is 666 g/mol. The normalized spacial score (nSPS) is 15.3. The summed E-state index contributed by atoms with van der Waals surface area (Å²) in [4.78, 5) is 64.8. The van der Waals surface area contributed by atoms with Crippen LogP contribution in [0.1, 0.15) is 22.3 Å². The molecule has 0 spiro atoms. The van der Waals surface area contributed by atoms with Gasteiger partial charge in [-0.25, -0.2) is 4.90 Å². The van der Waals surface area contributed by atoms with Crippen LogP contribution in [-0.4, -0.2) is 47.7 Å². The molecular weight excluding hydrogens is 640 g/mol. The third-order valence-corrected chi connectivity index (χ3v) is 8.49. The number of methoxy groups -OCH3 is 1. The maximum absolute atomic E-state index is 13.7. The minimum Gasteiger partial charge on any atom is -0.493 e. The van der Waals surface area contributed by atoms with E-state index in [1.807, 2.05) is 0 Å². The fraction of sp³-hybridized carbons (Fsp3) is 0.118. The molecular formula is C34H26N4O9S. The third-order valence-electron chi connectivity index (χ3n) is 7.31. The van der Waals surface area contributed by atoms with Crippen LogP contribution in [0.2, 0.25) is 0 Å². The van der Waals surface area contributed by atoms with Gasteiger partial charge in [0.15, 0.2) is 11.5 Å². The highest BCUT2D eigenvalue weighted by molar-refractivity contribution is 8.00. The van der Waals surface area contributed by atoms with E-state index in [0.717, 1.165) is 16.7 Å². The number of rotatable bonds is 10. The molecule has 0 unspecified atom stereocenters. The number of fused-ring (bicyclic) bond motifs is 1. The maximum atomic E-state index is 13.7. The van der Waals surface area contributed by atoms with Gasteiger partial charge in [-0.1, -0.05) is 24.3 Å². The Labute approximate surface area is 277 Å². The van der Waals surface area contributed by atoms with E-state index in [-0.39, 0.29) is 30.3 Å². The molecule has 2 N–H and O–H groups in total. The summed E-state index contributed by atoms with van der Waals surface area (Å²) in [5.74, 6) is -0.776. The van der Waals surface area contributed by atoms with Crippen molar-refractivity contribution in [1.82, 2.24) is 5.32 Å². The van der Waals surface area contributed by atoms with Gasteiger partial charge in [-0.3, -0.25) is 29.3 Å². The quantitative estimate of drug-likeness (QED) is 0.0998. The van der Waals surface area contributed by atoms with Gasteiger partial charge in [0.05, 0.1) is 23.0 Å². The van der Waals surface area contributed by atoms with E-state index in [9.17, 15) is 29.3 Å². The van der Waals surface area contributed by atoms with Crippen LogP contribution in [-0.2, 0) is 14.4 Å². The smallest absolute Gasteiger partial charge is 0.272 e. The molecule has 2 heterocycles. The Morgan fingerprint density at radius 1 is 1.00 bits per heavy atom. The number of non-ortho nitro benzene ring substituents is 1. The lowest BCUT2D eigenvalue weighted by atomic mass is 10.1. The Morgan fingerprint density at radius 3 is 2.50 bits per heavy atom. The van der Waals surface area contributed by atoms with Gasteiger partial charge in [0, 0.05) is 34.7 Å². The first kappa shape index (κ1) is 31.8. The highest BCUT2D eigenvalue weighted by Gasteiger charge is 2.40. The van der Waals surface area contributed by atoms with E-state index in [1.54, 1.807) is 66.7 Å². The Bertz CT molecular complexity index is 1970. The largest absolute Gasteiger partial charge is 0.493 e. The summed E-state index contributed by atoms with van der Waals surface area (Å²) >= 11 is 1.15. The average molecular weight is 667 g/mol. The van der Waals surface area contributed by atoms with Crippen molar-refractivity contribution in [3.05, 3.63) is 118 Å². The summed E-state index contributed by atoms with van der Waals surface area (Å²) in [6.07, 6.45) is 1.41. The van der Waals surface area contributed by atoms with Crippen LogP contribution in [0.25, 0.3) is 6.08 Å². The highest BCUT2D eigenvalue weighted by Crippen LogP contribution is 2.42. The topological polar surface area (TPSA) is 166 Å². The second-order valence-corrected chi connectivity index (χ2v) is 11.7. The number of nitrogens with zero attached hydrogens (tertiary/aromatic N) is 2. The van der Waals surface area contributed by atoms with Gasteiger partial charge in [0.25, 0.3) is 17.5 Å². The van der Waals surface area contributed by atoms with Gasteiger partial charge in [-0.05, 0) is 66.2 Å². The molecule has 6 rings (SSSR count). The zero-order valence-electron chi connectivity index (χ0n) is 25.2. The van der Waals surface area contributed by atoms with Gasteiger partial charge in [0.1, 0.15) is 5.70 Å². The number of thioether (sulfide) groups is 1. The van der Waals surface area contributed by atoms with Crippen LogP contribution < -0.4 is 29.7 Å². The molecule has 2 aliphatic rings. The van der Waals surface area contributed by atoms with Gasteiger partial charge < -0.3 is 24.8 Å². The minimum atomic E-state index is -0.750. The number of ether oxygens (including phenoxy) is 3. The number of amides is 4. The van der Waals surface area contributed by atoms with Gasteiger partial charge >= 0.3 is 0 Å². The van der Waals surface area contributed by atoms with E-state index >= 15 is 0 Å². The number of hydrogen-bond acceptors (Lipinski definition) is 10. The Kier molecular flexibility index (Phi) is 9.07. The predicted octanol–water partition coefficient (Wildman–Crippen LogP) is 5.17. The van der Waals surface area contributed by atoms with Crippen molar-refractivity contribution in [3.63, 3.8) is 0 Å². The van der Waals surface area contributed by atoms with Crippen molar-refractivity contribution >= 4 is 58.5 Å². The van der Waals surface area contributed by atoms with E-state index < -0.39 is 33.8 Å². The SMILES string of the molecule is COc1cc(/C=C(\NC(=O)c2ccccc2)C(=O)Nc2cccc(S[C@H]3CC(=O)N(c4ccc([N+](=O)[O-])cc4)C3=O)c2)cc2c1OCO2. The second kappa shape index (κ2) is 13.7. The summed E-state index contributed by atoms with van der Waals surface area (Å²) in [6.45, 7) is 0.0149. The van der Waals surface area contributed by atoms with Crippen LogP contribution >= 0.6 is 11.8 Å². The number of hydrogen-bond donors (Lipinski definition) is 2. The van der Waals surface area contributed by atoms with Crippen molar-refractivity contribution in [2.24, 2.45) is 0 Å². The highest BCUT2D eigenvalue weighted by atomic mass is 32.2. The van der Waals surface area contributed by atoms with E-state index in [0.29, 0.717) is 39.0 Å². The van der Waals surface area contributed by atoms with Gasteiger partial charge in [0.2, 0.25) is 24.4 Å². The summed E-state index contributed by atoms with van der Waals surface area (Å²) in [6, 6.07) is 23.6. The average Bonchev–Trinajstić information content (AvgIpc) is 3.67. The van der Waals surface area contributed by atoms with Crippen LogP contribution in [0.5, 0.6) is 17.2 Å². The number of carbonyl (C=O) groups is 4. The lowest BCUT2D eigenvalue weighted by molar-refractivity contribution is -0.384. The number of nitrogens with one attached hydrogen (secondary N) is 2. The van der Waals surface area contributed by atoms with Crippen molar-refractivity contribution in [1.29, 1.82) is 0 Å². The molecule has 0 radical (unpaired) electrons. The number of imide groups is 1. The summed E-state index contributed by atoms with van der Waals surface area (Å²) in [5, 5.41) is 15.7. The van der Waals surface area contributed by atoms with Crippen LogP contribution in [0.4, 0.5) is 17.1 Å². The molecule has 0 aliphatic carbocycles. The standard InChI is InChI=1S/C34H26N4O9S/c1-45-27-15-20(16-28-31(27)47-19-46-28)14-26(36-32(40)21-6-3-2-4-7-21)33(41)35-22-8-5-9-25(17-22)48-29-18-30(39)37(34(29)42)23-10-12-24(13-11-23)38(43)44/h2-17,29H,18-19H2,1H3,(H,35,41)(H,36,40)/b26-14-/t29-/m0/s1. The molecule has 1 fully saturated rings. The molecule has 0 aromatic heterocycles. The molecule has 48 heavy (non-hydrogen) atoms.